The van der Waals surface area contributed by atoms with Crippen LogP contribution in [0.4, 0.5) is 0 Å². The lowest BCUT2D eigenvalue weighted by Gasteiger charge is -2.30. The summed E-state index contributed by atoms with van der Waals surface area (Å²) in [6.45, 7) is 6.51. The average molecular weight is 256 g/mol. The summed E-state index contributed by atoms with van der Waals surface area (Å²) < 4.78 is 0. The summed E-state index contributed by atoms with van der Waals surface area (Å²) in [5.41, 5.74) is 5.15. The molecule has 0 radical (unpaired) electrons. The zero-order chi connectivity index (χ0) is 13.1. The van der Waals surface area contributed by atoms with Gasteiger partial charge in [-0.25, -0.2) is 0 Å². The molecule has 1 saturated carbocycles. The Morgan fingerprint density at radius 1 is 1.41 bits per heavy atom. The van der Waals surface area contributed by atoms with Crippen molar-refractivity contribution >= 4 is 23.1 Å². The fraction of sp³-hybridized carbons (Fsp3) is 0.846. The van der Waals surface area contributed by atoms with Crippen molar-refractivity contribution in [1.29, 1.82) is 0 Å². The highest BCUT2D eigenvalue weighted by Crippen LogP contribution is 2.40. The Balaban J connectivity index is 2.56. The van der Waals surface area contributed by atoms with E-state index in [2.05, 4.69) is 12.2 Å². The molecule has 1 aliphatic rings. The first-order valence-corrected chi connectivity index (χ1v) is 6.83. The maximum Gasteiger partial charge on any atom is 0.232 e. The number of carbonyl (C=O) groups is 1. The van der Waals surface area contributed by atoms with Crippen molar-refractivity contribution in [3.63, 3.8) is 0 Å². The topological polar surface area (TPSA) is 55.1 Å². The van der Waals surface area contributed by atoms with Crippen LogP contribution in [0.1, 0.15) is 52.9 Å². The second-order valence-electron chi connectivity index (χ2n) is 5.73. The highest BCUT2D eigenvalue weighted by Gasteiger charge is 2.35. The normalized spacial score (nSPS) is 19.0. The molecule has 0 unspecified atom stereocenters. The van der Waals surface area contributed by atoms with E-state index in [1.807, 2.05) is 0 Å². The maximum absolute atomic E-state index is 12.0. The van der Waals surface area contributed by atoms with Gasteiger partial charge in [-0.2, -0.15) is 0 Å². The molecular weight excluding hydrogens is 232 g/mol. The molecule has 98 valence electrons. The lowest BCUT2D eigenvalue weighted by Crippen LogP contribution is -2.47. The first kappa shape index (κ1) is 14.4. The van der Waals surface area contributed by atoms with E-state index >= 15 is 0 Å². The highest BCUT2D eigenvalue weighted by atomic mass is 32.1. The van der Waals surface area contributed by atoms with Gasteiger partial charge in [0, 0.05) is 6.54 Å². The molecule has 0 aromatic carbocycles. The molecule has 17 heavy (non-hydrogen) atoms. The van der Waals surface area contributed by atoms with Gasteiger partial charge in [0.15, 0.2) is 0 Å². The van der Waals surface area contributed by atoms with Crippen LogP contribution in [0.5, 0.6) is 0 Å². The molecule has 3 N–H and O–H groups in total. The number of thiocarbonyl (C=S) groups is 1. The molecule has 1 amide bonds. The van der Waals surface area contributed by atoms with Gasteiger partial charge in [-0.1, -0.05) is 32.0 Å². The van der Waals surface area contributed by atoms with Crippen molar-refractivity contribution in [2.24, 2.45) is 16.6 Å². The molecule has 0 atom stereocenters. The summed E-state index contributed by atoms with van der Waals surface area (Å²) in [6.07, 6.45) is 6.13. The first-order chi connectivity index (χ1) is 7.84. The average Bonchev–Trinajstić information content (AvgIpc) is 2.75. The van der Waals surface area contributed by atoms with Crippen LogP contribution in [0.15, 0.2) is 0 Å². The van der Waals surface area contributed by atoms with Crippen LogP contribution in [0.2, 0.25) is 0 Å². The first-order valence-electron chi connectivity index (χ1n) is 6.42. The number of nitrogens with two attached hydrogens (primary N) is 1. The summed E-state index contributed by atoms with van der Waals surface area (Å²) in [4.78, 5) is 12.3. The molecular formula is C13H24N2OS. The lowest BCUT2D eigenvalue weighted by molar-refractivity contribution is -0.126. The number of hydrogen-bond donors (Lipinski definition) is 2. The second kappa shape index (κ2) is 5.34. The van der Waals surface area contributed by atoms with Gasteiger partial charge in [0.1, 0.15) is 0 Å². The van der Waals surface area contributed by atoms with Crippen LogP contribution in [-0.4, -0.2) is 17.4 Å². The number of carbonyl (C=O) groups excluding carboxylic acids is 1. The van der Waals surface area contributed by atoms with Gasteiger partial charge >= 0.3 is 0 Å². The molecule has 0 saturated heterocycles. The molecule has 1 fully saturated rings. The van der Waals surface area contributed by atoms with Crippen molar-refractivity contribution in [1.82, 2.24) is 5.32 Å². The summed E-state index contributed by atoms with van der Waals surface area (Å²) in [6, 6.07) is 0. The van der Waals surface area contributed by atoms with E-state index in [0.717, 1.165) is 13.0 Å². The van der Waals surface area contributed by atoms with Crippen LogP contribution >= 0.6 is 12.2 Å². The van der Waals surface area contributed by atoms with Gasteiger partial charge in [0.25, 0.3) is 0 Å². The number of hydrogen-bond acceptors (Lipinski definition) is 2. The fourth-order valence-electron chi connectivity index (χ4n) is 2.38. The predicted molar refractivity (Wildman–Crippen MR) is 74.8 cm³/mol. The molecule has 4 heteroatoms. The van der Waals surface area contributed by atoms with E-state index in [9.17, 15) is 4.79 Å². The smallest absolute Gasteiger partial charge is 0.232 e. The van der Waals surface area contributed by atoms with Crippen LogP contribution in [0, 0.1) is 10.8 Å². The molecule has 0 spiro atoms. The summed E-state index contributed by atoms with van der Waals surface area (Å²) in [5, 5.41) is 3.03. The molecule has 1 aliphatic carbocycles. The molecule has 0 aliphatic heterocycles. The van der Waals surface area contributed by atoms with Crippen molar-refractivity contribution in [3.05, 3.63) is 0 Å². The van der Waals surface area contributed by atoms with Gasteiger partial charge < -0.3 is 11.1 Å². The van der Waals surface area contributed by atoms with Crippen LogP contribution in [0.3, 0.4) is 0 Å². The van der Waals surface area contributed by atoms with Gasteiger partial charge in [0.2, 0.25) is 5.91 Å². The van der Waals surface area contributed by atoms with Gasteiger partial charge in [-0.05, 0) is 38.5 Å². The third-order valence-electron chi connectivity index (χ3n) is 4.22. The third-order valence-corrected chi connectivity index (χ3v) is 4.73. The lowest BCUT2D eigenvalue weighted by atomic mass is 9.82. The standard InChI is InChI=1S/C13H24N2OS/c1-4-13(7-5-6-8-13)9-15-11(16)12(2,3)10(14)17/h4-9H2,1-3H3,(H2,14,17)(H,15,16). The van der Waals surface area contributed by atoms with E-state index in [1.165, 1.54) is 25.7 Å². The van der Waals surface area contributed by atoms with Gasteiger partial charge in [0.05, 0.1) is 10.4 Å². The molecule has 1 rings (SSSR count). The second-order valence-corrected chi connectivity index (χ2v) is 6.17. The Morgan fingerprint density at radius 3 is 2.35 bits per heavy atom. The number of amides is 1. The van der Waals surface area contributed by atoms with E-state index in [1.54, 1.807) is 13.8 Å². The van der Waals surface area contributed by atoms with Crippen molar-refractivity contribution < 1.29 is 4.79 Å². The minimum atomic E-state index is -0.747. The zero-order valence-corrected chi connectivity index (χ0v) is 12.0. The quantitative estimate of drug-likeness (QED) is 0.743. The number of rotatable bonds is 5. The summed E-state index contributed by atoms with van der Waals surface area (Å²) in [7, 11) is 0. The molecule has 0 aromatic rings. The minimum absolute atomic E-state index is 0.0512. The Labute approximate surface area is 110 Å². The largest absolute Gasteiger partial charge is 0.392 e. The Morgan fingerprint density at radius 2 is 1.94 bits per heavy atom. The van der Waals surface area contributed by atoms with Crippen molar-refractivity contribution in [2.45, 2.75) is 52.9 Å². The molecule has 0 bridgehead atoms. The van der Waals surface area contributed by atoms with E-state index in [4.69, 9.17) is 18.0 Å². The van der Waals surface area contributed by atoms with Crippen molar-refractivity contribution in [3.8, 4) is 0 Å². The predicted octanol–water partition coefficient (Wildman–Crippen LogP) is 2.39. The molecule has 0 heterocycles. The van der Waals surface area contributed by atoms with Crippen LogP contribution in [-0.2, 0) is 4.79 Å². The zero-order valence-electron chi connectivity index (χ0n) is 11.1. The summed E-state index contributed by atoms with van der Waals surface area (Å²) in [5.74, 6) is -0.0512. The van der Waals surface area contributed by atoms with Gasteiger partial charge in [-0.15, -0.1) is 0 Å². The Bertz CT molecular complexity index is 307. The van der Waals surface area contributed by atoms with E-state index < -0.39 is 5.41 Å². The van der Waals surface area contributed by atoms with Crippen LogP contribution < -0.4 is 11.1 Å². The number of nitrogens with one attached hydrogen (secondary N) is 1. The van der Waals surface area contributed by atoms with Gasteiger partial charge in [-0.3, -0.25) is 4.79 Å². The summed E-state index contributed by atoms with van der Waals surface area (Å²) >= 11 is 4.93. The van der Waals surface area contributed by atoms with E-state index in [-0.39, 0.29) is 10.9 Å². The third kappa shape index (κ3) is 3.18. The van der Waals surface area contributed by atoms with Crippen LogP contribution in [0.25, 0.3) is 0 Å². The highest BCUT2D eigenvalue weighted by molar-refractivity contribution is 7.80. The fourth-order valence-corrected chi connectivity index (χ4v) is 2.47. The molecule has 3 nitrogen and oxygen atoms in total. The minimum Gasteiger partial charge on any atom is -0.392 e. The van der Waals surface area contributed by atoms with E-state index in [0.29, 0.717) is 5.41 Å². The van der Waals surface area contributed by atoms with Crippen molar-refractivity contribution in [2.75, 3.05) is 6.54 Å². The monoisotopic (exact) mass is 256 g/mol. The molecule has 0 aromatic heterocycles. The Kier molecular flexibility index (Phi) is 4.53. The maximum atomic E-state index is 12.0. The Hall–Kier alpha value is -0.640. The SMILES string of the molecule is CCC1(CNC(=O)C(C)(C)C(N)=S)CCCC1.